The molecule has 1 amide bonds. The Kier molecular flexibility index (Phi) is 6.79. The minimum atomic E-state index is -3.61. The van der Waals surface area contributed by atoms with Crippen LogP contribution in [0.1, 0.15) is 24.2 Å². The molecule has 2 aromatic rings. The van der Waals surface area contributed by atoms with E-state index < -0.39 is 10.0 Å². The number of carbonyl (C=O) groups excluding carboxylic acids is 1. The van der Waals surface area contributed by atoms with E-state index in [4.69, 9.17) is 0 Å². The Morgan fingerprint density at radius 2 is 1.89 bits per heavy atom. The number of thioether (sulfide) groups is 1. The van der Waals surface area contributed by atoms with E-state index in [1.807, 2.05) is 30.3 Å². The average Bonchev–Trinajstić information content (AvgIpc) is 2.87. The van der Waals surface area contributed by atoms with Gasteiger partial charge in [-0.3, -0.25) is 9.89 Å². The van der Waals surface area contributed by atoms with Gasteiger partial charge in [0.2, 0.25) is 15.9 Å². The number of benzene rings is 1. The summed E-state index contributed by atoms with van der Waals surface area (Å²) in [6, 6.07) is 10.0. The standard InChI is InChI=1S/C19H26N4O3S2/c1-15-19(16(2)21-20-15)28(25,26)23-11-6-10-22(12-13-23)18(24)9-14-27-17-7-4-3-5-8-17/h3-5,7-8H,6,9-14H2,1-2H3,(H,20,21). The van der Waals surface area contributed by atoms with Gasteiger partial charge in [-0.15, -0.1) is 11.8 Å². The lowest BCUT2D eigenvalue weighted by molar-refractivity contribution is -0.130. The number of nitrogens with one attached hydrogen (secondary N) is 1. The zero-order valence-electron chi connectivity index (χ0n) is 16.2. The summed E-state index contributed by atoms with van der Waals surface area (Å²) in [5.74, 6) is 0.799. The Morgan fingerprint density at radius 3 is 2.57 bits per heavy atom. The van der Waals surface area contributed by atoms with Crippen LogP contribution in [0.15, 0.2) is 40.1 Å². The third-order valence-electron chi connectivity index (χ3n) is 4.79. The number of sulfonamides is 1. The molecule has 0 bridgehead atoms. The molecule has 28 heavy (non-hydrogen) atoms. The summed E-state index contributed by atoms with van der Waals surface area (Å²) in [6.45, 7) is 5.13. The highest BCUT2D eigenvalue weighted by Gasteiger charge is 2.31. The van der Waals surface area contributed by atoms with Gasteiger partial charge in [0.05, 0.1) is 11.4 Å². The van der Waals surface area contributed by atoms with Crippen molar-refractivity contribution in [2.45, 2.75) is 36.5 Å². The molecule has 1 fully saturated rings. The van der Waals surface area contributed by atoms with Crippen LogP contribution < -0.4 is 0 Å². The minimum Gasteiger partial charge on any atom is -0.341 e. The maximum Gasteiger partial charge on any atom is 0.246 e. The first-order valence-electron chi connectivity index (χ1n) is 9.37. The summed E-state index contributed by atoms with van der Waals surface area (Å²) in [7, 11) is -3.61. The average molecular weight is 423 g/mol. The minimum absolute atomic E-state index is 0.0818. The van der Waals surface area contributed by atoms with Gasteiger partial charge in [-0.25, -0.2) is 8.42 Å². The zero-order chi connectivity index (χ0) is 20.1. The maximum absolute atomic E-state index is 13.0. The first kappa shape index (κ1) is 20.9. The normalized spacial score (nSPS) is 16.1. The van der Waals surface area contributed by atoms with Crippen LogP contribution in [0.3, 0.4) is 0 Å². The predicted molar refractivity (Wildman–Crippen MR) is 110 cm³/mol. The van der Waals surface area contributed by atoms with E-state index in [1.165, 1.54) is 4.31 Å². The predicted octanol–water partition coefficient (Wildman–Crippen LogP) is 2.43. The van der Waals surface area contributed by atoms with Crippen LogP contribution in [0.2, 0.25) is 0 Å². The van der Waals surface area contributed by atoms with E-state index >= 15 is 0 Å². The Hall–Kier alpha value is -1.84. The van der Waals surface area contributed by atoms with Gasteiger partial charge < -0.3 is 4.90 Å². The van der Waals surface area contributed by atoms with Crippen LogP contribution in [-0.4, -0.2) is 65.7 Å². The lowest BCUT2D eigenvalue weighted by Gasteiger charge is -2.22. The Balaban J connectivity index is 1.56. The first-order valence-corrected chi connectivity index (χ1v) is 11.8. The molecule has 0 atom stereocenters. The highest BCUT2D eigenvalue weighted by molar-refractivity contribution is 7.99. The van der Waals surface area contributed by atoms with Gasteiger partial charge in [0.15, 0.2) is 0 Å². The number of rotatable bonds is 6. The lowest BCUT2D eigenvalue weighted by atomic mass is 10.3. The summed E-state index contributed by atoms with van der Waals surface area (Å²) in [4.78, 5) is 15.8. The Labute approximate surface area is 170 Å². The van der Waals surface area contributed by atoms with Crippen molar-refractivity contribution in [1.29, 1.82) is 0 Å². The Bertz CT molecular complexity index is 893. The lowest BCUT2D eigenvalue weighted by Crippen LogP contribution is -2.37. The number of carbonyl (C=O) groups is 1. The summed E-state index contributed by atoms with van der Waals surface area (Å²) in [5, 5.41) is 6.74. The summed E-state index contributed by atoms with van der Waals surface area (Å²) >= 11 is 1.66. The smallest absolute Gasteiger partial charge is 0.246 e. The molecule has 0 saturated carbocycles. The number of hydrogen-bond donors (Lipinski definition) is 1. The second-order valence-corrected chi connectivity index (χ2v) is 9.86. The molecular weight excluding hydrogens is 396 g/mol. The van der Waals surface area contributed by atoms with Crippen molar-refractivity contribution >= 4 is 27.7 Å². The number of amides is 1. The fourth-order valence-electron chi connectivity index (χ4n) is 3.36. The molecule has 152 valence electrons. The van der Waals surface area contributed by atoms with Gasteiger partial charge in [-0.1, -0.05) is 18.2 Å². The number of nitrogens with zero attached hydrogens (tertiary/aromatic N) is 3. The van der Waals surface area contributed by atoms with Crippen molar-refractivity contribution in [3.05, 3.63) is 41.7 Å². The van der Waals surface area contributed by atoms with Gasteiger partial charge in [-0.05, 0) is 32.4 Å². The third kappa shape index (κ3) is 4.76. The molecule has 1 aliphatic heterocycles. The highest BCUT2D eigenvalue weighted by Crippen LogP contribution is 2.23. The van der Waals surface area contributed by atoms with E-state index in [2.05, 4.69) is 10.2 Å². The van der Waals surface area contributed by atoms with E-state index in [0.29, 0.717) is 50.4 Å². The van der Waals surface area contributed by atoms with Crippen LogP contribution in [-0.2, 0) is 14.8 Å². The van der Waals surface area contributed by atoms with Crippen molar-refractivity contribution < 1.29 is 13.2 Å². The van der Waals surface area contributed by atoms with Gasteiger partial charge in [0.25, 0.3) is 0 Å². The van der Waals surface area contributed by atoms with Gasteiger partial charge >= 0.3 is 0 Å². The molecule has 1 saturated heterocycles. The number of H-pyrrole nitrogens is 1. The SMILES string of the molecule is Cc1n[nH]c(C)c1S(=O)(=O)N1CCCN(C(=O)CCSc2ccccc2)CC1. The molecule has 1 aromatic heterocycles. The number of aryl methyl sites for hydroxylation is 2. The van der Waals surface area contributed by atoms with Crippen molar-refractivity contribution in [3.63, 3.8) is 0 Å². The van der Waals surface area contributed by atoms with E-state index in [0.717, 1.165) is 10.6 Å². The molecule has 3 rings (SSSR count). The molecule has 0 unspecified atom stereocenters. The molecule has 0 aliphatic carbocycles. The third-order valence-corrected chi connectivity index (χ3v) is 7.97. The monoisotopic (exact) mass is 422 g/mol. The summed E-state index contributed by atoms with van der Waals surface area (Å²) in [5.41, 5.74) is 1.03. The molecule has 7 nitrogen and oxygen atoms in total. The molecular formula is C19H26N4O3S2. The summed E-state index contributed by atoms with van der Waals surface area (Å²) < 4.78 is 27.5. The molecule has 1 aliphatic rings. The van der Waals surface area contributed by atoms with Crippen LogP contribution in [0.5, 0.6) is 0 Å². The topological polar surface area (TPSA) is 86.4 Å². The number of aromatic amines is 1. The number of aromatic nitrogens is 2. The largest absolute Gasteiger partial charge is 0.341 e. The van der Waals surface area contributed by atoms with Crippen LogP contribution in [0.4, 0.5) is 0 Å². The van der Waals surface area contributed by atoms with E-state index in [-0.39, 0.29) is 10.8 Å². The molecule has 9 heteroatoms. The van der Waals surface area contributed by atoms with Crippen molar-refractivity contribution in [2.24, 2.45) is 0 Å². The molecule has 2 heterocycles. The number of hydrogen-bond acceptors (Lipinski definition) is 5. The fraction of sp³-hybridized carbons (Fsp3) is 0.474. The van der Waals surface area contributed by atoms with Crippen molar-refractivity contribution in [3.8, 4) is 0 Å². The fourth-order valence-corrected chi connectivity index (χ4v) is 6.03. The highest BCUT2D eigenvalue weighted by atomic mass is 32.2. The zero-order valence-corrected chi connectivity index (χ0v) is 17.9. The van der Waals surface area contributed by atoms with Crippen LogP contribution in [0.25, 0.3) is 0 Å². The quantitative estimate of drug-likeness (QED) is 0.723. The van der Waals surface area contributed by atoms with Gasteiger partial charge in [0, 0.05) is 43.2 Å². The van der Waals surface area contributed by atoms with Crippen molar-refractivity contribution in [2.75, 3.05) is 31.9 Å². The molecule has 1 aromatic carbocycles. The van der Waals surface area contributed by atoms with Gasteiger partial charge in [0.1, 0.15) is 4.90 Å². The van der Waals surface area contributed by atoms with E-state index in [1.54, 1.807) is 30.5 Å². The first-order chi connectivity index (χ1) is 13.4. The summed E-state index contributed by atoms with van der Waals surface area (Å²) in [6.07, 6.45) is 1.08. The second-order valence-electron chi connectivity index (χ2n) is 6.81. The van der Waals surface area contributed by atoms with Crippen LogP contribution in [0, 0.1) is 13.8 Å². The maximum atomic E-state index is 13.0. The van der Waals surface area contributed by atoms with E-state index in [9.17, 15) is 13.2 Å². The van der Waals surface area contributed by atoms with Gasteiger partial charge in [-0.2, -0.15) is 9.40 Å². The van der Waals surface area contributed by atoms with Crippen molar-refractivity contribution in [1.82, 2.24) is 19.4 Å². The molecule has 0 radical (unpaired) electrons. The van der Waals surface area contributed by atoms with Crippen LogP contribution >= 0.6 is 11.8 Å². The molecule has 1 N–H and O–H groups in total. The Morgan fingerprint density at radius 1 is 1.14 bits per heavy atom. The molecule has 0 spiro atoms. The second kappa shape index (κ2) is 9.11.